The number of anilines is 3. The summed E-state index contributed by atoms with van der Waals surface area (Å²) in [6.07, 6.45) is 2.63. The first-order chi connectivity index (χ1) is 18.0. The van der Waals surface area contributed by atoms with E-state index in [4.69, 9.17) is 8.83 Å². The molecule has 0 unspecified atom stereocenters. The zero-order chi connectivity index (χ0) is 25.8. The van der Waals surface area contributed by atoms with Crippen molar-refractivity contribution < 1.29 is 18.4 Å². The van der Waals surface area contributed by atoms with Crippen LogP contribution in [0.1, 0.15) is 34.5 Å². The van der Waals surface area contributed by atoms with Crippen molar-refractivity contribution in [2.24, 2.45) is 5.92 Å². The molecular weight excluding hydrogens is 470 g/mol. The number of nitrogens with zero attached hydrogens (tertiary/aromatic N) is 3. The molecule has 0 atom stereocenters. The topological polar surface area (TPSA) is 124 Å². The molecule has 1 saturated heterocycles. The number of carbonyl (C=O) groups excluding carboxylic acids is 2. The number of benzene rings is 2. The molecule has 1 fully saturated rings. The molecule has 2 N–H and O–H groups in total. The maximum atomic E-state index is 13.1. The lowest BCUT2D eigenvalue weighted by atomic mass is 9.95. The van der Waals surface area contributed by atoms with Crippen LogP contribution in [0.25, 0.3) is 11.7 Å². The maximum Gasteiger partial charge on any atom is 0.266 e. The van der Waals surface area contributed by atoms with Crippen molar-refractivity contribution in [3.8, 4) is 17.7 Å². The summed E-state index contributed by atoms with van der Waals surface area (Å²) in [6.45, 7) is 3.00. The Balaban J connectivity index is 1.23. The van der Waals surface area contributed by atoms with Crippen molar-refractivity contribution in [3.05, 3.63) is 83.7 Å². The second-order valence-electron chi connectivity index (χ2n) is 8.88. The second-order valence-corrected chi connectivity index (χ2v) is 8.88. The van der Waals surface area contributed by atoms with Gasteiger partial charge in [0.15, 0.2) is 5.76 Å². The van der Waals surface area contributed by atoms with Crippen LogP contribution < -0.4 is 15.5 Å². The summed E-state index contributed by atoms with van der Waals surface area (Å²) in [5.41, 5.74) is 2.77. The molecule has 9 heteroatoms. The van der Waals surface area contributed by atoms with Gasteiger partial charge in [0.1, 0.15) is 6.07 Å². The fourth-order valence-corrected chi connectivity index (χ4v) is 4.40. The minimum Gasteiger partial charge on any atom is -0.459 e. The molecule has 0 saturated carbocycles. The van der Waals surface area contributed by atoms with E-state index < -0.39 is 0 Å². The normalized spacial score (nSPS) is 13.7. The van der Waals surface area contributed by atoms with Gasteiger partial charge in [-0.2, -0.15) is 10.2 Å². The highest BCUT2D eigenvalue weighted by Crippen LogP contribution is 2.31. The highest BCUT2D eigenvalue weighted by molar-refractivity contribution is 6.10. The van der Waals surface area contributed by atoms with Gasteiger partial charge in [-0.1, -0.05) is 24.3 Å². The quantitative estimate of drug-likeness (QED) is 0.376. The summed E-state index contributed by atoms with van der Waals surface area (Å²) in [5.74, 6) is 0.384. The summed E-state index contributed by atoms with van der Waals surface area (Å²) in [6, 6.07) is 20.0. The molecule has 186 valence electrons. The first kappa shape index (κ1) is 23.9. The van der Waals surface area contributed by atoms with Crippen LogP contribution >= 0.6 is 0 Å². The van der Waals surface area contributed by atoms with E-state index in [1.165, 1.54) is 6.26 Å². The van der Waals surface area contributed by atoms with E-state index in [0.29, 0.717) is 54.5 Å². The van der Waals surface area contributed by atoms with Crippen LogP contribution in [0.2, 0.25) is 0 Å². The number of para-hydroxylation sites is 1. The fourth-order valence-electron chi connectivity index (χ4n) is 4.40. The number of nitrogens with one attached hydrogen (secondary N) is 2. The van der Waals surface area contributed by atoms with E-state index in [1.54, 1.807) is 36.4 Å². The number of rotatable bonds is 6. The number of aromatic nitrogens is 1. The van der Waals surface area contributed by atoms with Crippen molar-refractivity contribution in [3.63, 3.8) is 0 Å². The van der Waals surface area contributed by atoms with Crippen LogP contribution in [-0.4, -0.2) is 29.9 Å². The van der Waals surface area contributed by atoms with Gasteiger partial charge >= 0.3 is 0 Å². The molecule has 1 aliphatic rings. The maximum absolute atomic E-state index is 13.1. The van der Waals surface area contributed by atoms with Gasteiger partial charge in [-0.3, -0.25) is 9.59 Å². The first-order valence-electron chi connectivity index (χ1n) is 12.0. The van der Waals surface area contributed by atoms with Crippen LogP contribution in [0.4, 0.5) is 17.3 Å². The van der Waals surface area contributed by atoms with Gasteiger partial charge in [-0.15, -0.1) is 0 Å². The van der Waals surface area contributed by atoms with Crippen molar-refractivity contribution in [1.82, 2.24) is 4.98 Å². The Morgan fingerprint density at radius 3 is 2.59 bits per heavy atom. The molecule has 2 amide bonds. The summed E-state index contributed by atoms with van der Waals surface area (Å²) >= 11 is 0. The van der Waals surface area contributed by atoms with E-state index in [-0.39, 0.29) is 29.3 Å². The van der Waals surface area contributed by atoms with Crippen molar-refractivity contribution >= 4 is 29.1 Å². The van der Waals surface area contributed by atoms with Crippen LogP contribution in [0.5, 0.6) is 0 Å². The molecule has 3 heterocycles. The third-order valence-corrected chi connectivity index (χ3v) is 6.31. The Labute approximate surface area is 213 Å². The van der Waals surface area contributed by atoms with Gasteiger partial charge in [0, 0.05) is 24.7 Å². The molecule has 2 aromatic carbocycles. The van der Waals surface area contributed by atoms with Gasteiger partial charge in [-0.25, -0.2) is 0 Å². The van der Waals surface area contributed by atoms with E-state index in [0.717, 1.165) is 5.56 Å². The van der Waals surface area contributed by atoms with Gasteiger partial charge < -0.3 is 24.4 Å². The molecule has 37 heavy (non-hydrogen) atoms. The summed E-state index contributed by atoms with van der Waals surface area (Å²) in [5, 5.41) is 15.3. The average Bonchev–Trinajstić information content (AvgIpc) is 3.59. The smallest absolute Gasteiger partial charge is 0.266 e. The number of amides is 2. The summed E-state index contributed by atoms with van der Waals surface area (Å²) in [4.78, 5) is 32.2. The van der Waals surface area contributed by atoms with Crippen LogP contribution in [0.3, 0.4) is 0 Å². The molecule has 5 rings (SSSR count). The van der Waals surface area contributed by atoms with Gasteiger partial charge in [0.05, 0.1) is 17.5 Å². The molecule has 1 aliphatic heterocycles. The highest BCUT2D eigenvalue weighted by Gasteiger charge is 2.30. The van der Waals surface area contributed by atoms with E-state index in [1.807, 2.05) is 36.1 Å². The van der Waals surface area contributed by atoms with Crippen molar-refractivity contribution in [2.75, 3.05) is 28.6 Å². The number of hydrogen-bond acceptors (Lipinski definition) is 7. The van der Waals surface area contributed by atoms with Crippen molar-refractivity contribution in [1.29, 1.82) is 5.26 Å². The molecule has 4 aromatic rings. The second kappa shape index (κ2) is 10.4. The Kier molecular flexibility index (Phi) is 6.72. The minimum absolute atomic E-state index is 0.148. The number of nitriles is 1. The fraction of sp³-hybridized carbons (Fsp3) is 0.214. The summed E-state index contributed by atoms with van der Waals surface area (Å²) in [7, 11) is 0. The third-order valence-electron chi connectivity index (χ3n) is 6.31. The summed E-state index contributed by atoms with van der Waals surface area (Å²) < 4.78 is 11.2. The number of piperidine rings is 1. The van der Waals surface area contributed by atoms with Crippen molar-refractivity contribution in [2.45, 2.75) is 19.8 Å². The molecule has 0 bridgehead atoms. The standard InChI is InChI=1S/C28H25N5O4/c1-18-6-4-7-20(16-18)30-26(35)21-8-2-3-9-22(21)31-25(34)19-11-13-33(14-12-19)28-23(17-29)32-27(37-28)24-10-5-15-36-24/h2-10,15-16,19H,11-14H2,1H3,(H,30,35)(H,31,34). The lowest BCUT2D eigenvalue weighted by Gasteiger charge is -2.31. The zero-order valence-electron chi connectivity index (χ0n) is 20.2. The Morgan fingerprint density at radius 2 is 1.86 bits per heavy atom. The molecular formula is C28H25N5O4. The third kappa shape index (κ3) is 5.23. The highest BCUT2D eigenvalue weighted by atomic mass is 16.4. The molecule has 0 spiro atoms. The monoisotopic (exact) mass is 495 g/mol. The molecule has 0 radical (unpaired) electrons. The molecule has 9 nitrogen and oxygen atoms in total. The number of carbonyl (C=O) groups is 2. The van der Waals surface area contributed by atoms with E-state index in [2.05, 4.69) is 21.7 Å². The Morgan fingerprint density at radius 1 is 1.05 bits per heavy atom. The van der Waals surface area contributed by atoms with Crippen LogP contribution in [-0.2, 0) is 4.79 Å². The number of aryl methyl sites for hydroxylation is 1. The number of furan rings is 1. The average molecular weight is 496 g/mol. The molecule has 2 aromatic heterocycles. The van der Waals surface area contributed by atoms with E-state index >= 15 is 0 Å². The van der Waals surface area contributed by atoms with Gasteiger partial charge in [-0.05, 0) is 61.7 Å². The zero-order valence-corrected chi connectivity index (χ0v) is 20.2. The minimum atomic E-state index is -0.293. The van der Waals surface area contributed by atoms with Crippen LogP contribution in [0, 0.1) is 24.2 Å². The molecule has 0 aliphatic carbocycles. The van der Waals surface area contributed by atoms with Gasteiger partial charge in [0.2, 0.25) is 17.5 Å². The first-order valence-corrected chi connectivity index (χ1v) is 12.0. The van der Waals surface area contributed by atoms with Gasteiger partial charge in [0.25, 0.3) is 11.8 Å². The predicted octanol–water partition coefficient (Wildman–Crippen LogP) is 5.22. The number of hydrogen-bond donors (Lipinski definition) is 2. The SMILES string of the molecule is Cc1cccc(NC(=O)c2ccccc2NC(=O)C2CCN(c3oc(-c4ccco4)nc3C#N)CC2)c1. The van der Waals surface area contributed by atoms with E-state index in [9.17, 15) is 14.9 Å². The Bertz CT molecular complexity index is 1460. The Hall–Kier alpha value is -4.84. The van der Waals surface area contributed by atoms with Crippen LogP contribution in [0.15, 0.2) is 75.8 Å². The number of oxazole rings is 1. The largest absolute Gasteiger partial charge is 0.459 e. The predicted molar refractivity (Wildman–Crippen MR) is 138 cm³/mol. The lowest BCUT2D eigenvalue weighted by Crippen LogP contribution is -2.38. The lowest BCUT2D eigenvalue weighted by molar-refractivity contribution is -0.120.